The van der Waals surface area contributed by atoms with Crippen LogP contribution in [-0.2, 0) is 20.4 Å². The average Bonchev–Trinajstić information content (AvgIpc) is 0. The van der Waals surface area contributed by atoms with Gasteiger partial charge in [-0.3, -0.25) is 0 Å². The molecule has 0 bridgehead atoms. The zero-order chi connectivity index (χ0) is 0. The Morgan fingerprint density at radius 1 is 0.600 bits per heavy atom. The molecule has 0 aliphatic heterocycles. The molecule has 0 atom stereocenters. The molecule has 0 spiro atoms. The first-order valence-electron chi connectivity index (χ1n) is 0. The summed E-state index contributed by atoms with van der Waals surface area (Å²) >= 11 is 0. The van der Waals surface area contributed by atoms with E-state index in [1.165, 1.54) is 0 Å². The van der Waals surface area contributed by atoms with Gasteiger partial charge in [0.1, 0.15) is 0 Å². The van der Waals surface area contributed by atoms with Gasteiger partial charge in [-0.15, -0.1) is 0 Å². The molecule has 0 radical (unpaired) electrons. The van der Waals surface area contributed by atoms with Gasteiger partial charge in [0.05, 0.1) is 0 Å². The van der Waals surface area contributed by atoms with Crippen LogP contribution < -0.4 is 24.8 Å². The minimum absolute atomic E-state index is 0. The second-order valence-corrected chi connectivity index (χ2v) is 0. The first-order valence-corrected chi connectivity index (χ1v) is 0. The molecular weight excluding hydrogens is 205 g/mol. The maximum absolute atomic E-state index is 0. The van der Waals surface area contributed by atoms with Gasteiger partial charge in [0.15, 0.2) is 0 Å². The minimum atomic E-state index is 0. The van der Waals surface area contributed by atoms with E-state index in [2.05, 4.69) is 0 Å². The Kier molecular flexibility index (Phi) is 1610. The van der Waals surface area contributed by atoms with Crippen LogP contribution in [0.5, 0.6) is 0 Å². The topological polar surface area (TPSA) is 67.0 Å². The third-order valence-electron chi connectivity index (χ3n) is 0. The van der Waals surface area contributed by atoms with Gasteiger partial charge in [0.25, 0.3) is 0 Å². The van der Waals surface area contributed by atoms with Gasteiger partial charge in [-0.2, -0.15) is 0 Å². The molecule has 0 aromatic rings. The third-order valence-corrected chi connectivity index (χ3v) is 0. The van der Waals surface area contributed by atoms with E-state index >= 15 is 0 Å². The molecule has 5 heteroatoms. The van der Waals surface area contributed by atoms with Gasteiger partial charge in [0, 0.05) is 20.4 Å². The maximum Gasteiger partial charge on any atom is 0 e. The van der Waals surface area contributed by atoms with Crippen LogP contribution in [0.15, 0.2) is 0 Å². The summed E-state index contributed by atoms with van der Waals surface area (Å²) in [5.41, 5.74) is 0. The summed E-state index contributed by atoms with van der Waals surface area (Å²) in [5.74, 6) is 0. The van der Waals surface area contributed by atoms with Crippen LogP contribution in [0.2, 0.25) is 0 Å². The maximum atomic E-state index is 0. The Morgan fingerprint density at radius 2 is 0.600 bits per heavy atom. The fourth-order valence-electron chi connectivity index (χ4n) is 0. The molecule has 0 aliphatic rings. The zero-order valence-corrected chi connectivity index (χ0v) is 5.29. The number of nitrogens with two attached hydrogens (primary N) is 2. The molecule has 0 unspecified atom stereocenters. The minimum Gasteiger partial charge on any atom is -1.00 e. The average molecular weight is 209 g/mol. The molecule has 0 rings (SSSR count). The summed E-state index contributed by atoms with van der Waals surface area (Å²) in [5, 5.41) is 0. The van der Waals surface area contributed by atoms with Gasteiger partial charge >= 0.3 is 0 Å². The van der Waals surface area contributed by atoms with Crippen LogP contribution in [-0.4, -0.2) is 0 Å². The Labute approximate surface area is 57.7 Å². The number of rotatable bonds is 0. The summed E-state index contributed by atoms with van der Waals surface area (Å²) in [6.45, 7) is 0. The molecule has 0 fully saturated rings. The molecule has 0 heterocycles. The second kappa shape index (κ2) is 66.2. The van der Waals surface area contributed by atoms with Crippen LogP contribution in [0, 0.1) is 0 Å². The van der Waals surface area contributed by atoms with Crippen LogP contribution >= 0.6 is 0 Å². The van der Waals surface area contributed by atoms with E-state index < -0.39 is 0 Å². The second-order valence-electron chi connectivity index (χ2n) is 0. The fraction of sp³-hybridized carbons (Fsp3) is 0. The molecule has 0 saturated heterocycles. The third kappa shape index (κ3) is 38.2. The summed E-state index contributed by atoms with van der Waals surface area (Å²) < 4.78 is 0. The van der Waals surface area contributed by atoms with Crippen molar-refractivity contribution in [1.82, 2.24) is 0 Å². The monoisotopic (exact) mass is 208 g/mol. The standard InChI is InChI=1S/2ClH.2H2N.Pd/h2*1H;2*1H2;/q;;2*-1;/p-2. The van der Waals surface area contributed by atoms with Gasteiger partial charge in [-0.25, -0.2) is 0 Å². The molecular formula is H4Cl2N2Pd-4. The van der Waals surface area contributed by atoms with E-state index in [1.807, 2.05) is 0 Å². The normalized spacial score (nSPS) is 0. The molecule has 0 aliphatic carbocycles. The quantitative estimate of drug-likeness (QED) is 0.361. The van der Waals surface area contributed by atoms with E-state index in [4.69, 9.17) is 0 Å². The molecule has 0 amide bonds. The van der Waals surface area contributed by atoms with Crippen molar-refractivity contribution >= 4 is 0 Å². The molecule has 0 aromatic carbocycles. The first kappa shape index (κ1) is 122. The Balaban J connectivity index is 0. The van der Waals surface area contributed by atoms with Crippen molar-refractivity contribution < 1.29 is 45.2 Å². The zero-order valence-electron chi connectivity index (χ0n) is 2.23. The number of hydrogen-bond donors (Lipinski definition) is 0. The number of hydrogen-bond acceptors (Lipinski definition) is 0. The van der Waals surface area contributed by atoms with E-state index in [1.54, 1.807) is 0 Å². The predicted octanol–water partition coefficient (Wildman–Crippen LogP) is -4.56. The molecule has 0 aromatic heterocycles. The van der Waals surface area contributed by atoms with Crippen LogP contribution in [0.25, 0.3) is 12.3 Å². The predicted molar refractivity (Wildman–Crippen MR) is 10.6 cm³/mol. The van der Waals surface area contributed by atoms with Crippen molar-refractivity contribution in [3.8, 4) is 0 Å². The van der Waals surface area contributed by atoms with Crippen molar-refractivity contribution in [3.05, 3.63) is 12.3 Å². The Bertz CT molecular complexity index is 7.61. The van der Waals surface area contributed by atoms with E-state index in [-0.39, 0.29) is 57.5 Å². The van der Waals surface area contributed by atoms with Crippen molar-refractivity contribution in [3.63, 3.8) is 0 Å². The largest absolute Gasteiger partial charge is 1.00 e. The van der Waals surface area contributed by atoms with E-state index in [0.717, 1.165) is 0 Å². The van der Waals surface area contributed by atoms with Gasteiger partial charge in [-0.1, -0.05) is 0 Å². The summed E-state index contributed by atoms with van der Waals surface area (Å²) in [7, 11) is 0. The molecule has 5 heavy (non-hydrogen) atoms. The molecule has 0 saturated carbocycles. The van der Waals surface area contributed by atoms with E-state index in [0.29, 0.717) is 0 Å². The van der Waals surface area contributed by atoms with Crippen LogP contribution in [0.1, 0.15) is 0 Å². The van der Waals surface area contributed by atoms with Gasteiger partial charge in [0.2, 0.25) is 0 Å². The first-order chi connectivity index (χ1) is 0. The number of halogens is 2. The summed E-state index contributed by atoms with van der Waals surface area (Å²) in [4.78, 5) is 0. The van der Waals surface area contributed by atoms with Crippen LogP contribution in [0.4, 0.5) is 0 Å². The van der Waals surface area contributed by atoms with Crippen molar-refractivity contribution in [1.29, 1.82) is 0 Å². The van der Waals surface area contributed by atoms with Crippen molar-refractivity contribution in [2.45, 2.75) is 0 Å². The van der Waals surface area contributed by atoms with Crippen molar-refractivity contribution in [2.75, 3.05) is 0 Å². The molecule has 2 nitrogen and oxygen atoms in total. The Hall–Kier alpha value is 1.16. The van der Waals surface area contributed by atoms with Crippen molar-refractivity contribution in [2.24, 2.45) is 0 Å². The molecule has 42 valence electrons. The Morgan fingerprint density at radius 3 is 0.600 bits per heavy atom. The van der Waals surface area contributed by atoms with Gasteiger partial charge < -0.3 is 37.1 Å². The fourth-order valence-corrected chi connectivity index (χ4v) is 0. The smallest absolute Gasteiger partial charge is 0 e. The van der Waals surface area contributed by atoms with Gasteiger partial charge in [-0.05, 0) is 0 Å². The van der Waals surface area contributed by atoms with E-state index in [9.17, 15) is 0 Å². The molecule has 4 N–H and O–H groups in total. The summed E-state index contributed by atoms with van der Waals surface area (Å²) in [6, 6.07) is 0. The van der Waals surface area contributed by atoms with Crippen LogP contribution in [0.3, 0.4) is 0 Å². The summed E-state index contributed by atoms with van der Waals surface area (Å²) in [6.07, 6.45) is 0. The SMILES string of the molecule is [Cl-].[Cl-].[NH2-].[NH2-].[Pd].